The molecule has 2 aromatic heterocycles. The maximum atomic E-state index is 12.6. The molecule has 0 radical (unpaired) electrons. The third kappa shape index (κ3) is 4.18. The second kappa shape index (κ2) is 7.90. The first kappa shape index (κ1) is 17.7. The van der Waals surface area contributed by atoms with E-state index >= 15 is 0 Å². The van der Waals surface area contributed by atoms with E-state index in [1.807, 2.05) is 36.1 Å². The Morgan fingerprint density at radius 1 is 1.07 bits per heavy atom. The smallest absolute Gasteiger partial charge is 0.225 e. The number of amides is 1. The van der Waals surface area contributed by atoms with Crippen molar-refractivity contribution < 1.29 is 4.79 Å². The van der Waals surface area contributed by atoms with E-state index in [-0.39, 0.29) is 5.92 Å². The summed E-state index contributed by atoms with van der Waals surface area (Å²) in [6.07, 6.45) is 6.27. The molecule has 2 aromatic rings. The van der Waals surface area contributed by atoms with Gasteiger partial charge in [-0.15, -0.1) is 0 Å². The van der Waals surface area contributed by atoms with E-state index < -0.39 is 0 Å². The Labute approximate surface area is 159 Å². The van der Waals surface area contributed by atoms with E-state index in [2.05, 4.69) is 25.2 Å². The topological polar surface area (TPSA) is 74.2 Å². The fourth-order valence-corrected chi connectivity index (χ4v) is 3.93. The minimum Gasteiger partial charge on any atom is -0.353 e. The molecule has 0 aromatic carbocycles. The Morgan fingerprint density at radius 3 is 2.56 bits per heavy atom. The predicted octanol–water partition coefficient (Wildman–Crippen LogP) is 2.76. The zero-order valence-corrected chi connectivity index (χ0v) is 15.8. The number of piperazine rings is 1. The highest BCUT2D eigenvalue weighted by Gasteiger charge is 2.29. The van der Waals surface area contributed by atoms with Crippen molar-refractivity contribution in [2.75, 3.05) is 36.4 Å². The van der Waals surface area contributed by atoms with E-state index in [0.717, 1.165) is 62.3 Å². The number of aryl methyl sites for hydroxylation is 1. The van der Waals surface area contributed by atoms with Crippen LogP contribution >= 0.6 is 0 Å². The third-order valence-corrected chi connectivity index (χ3v) is 5.37. The summed E-state index contributed by atoms with van der Waals surface area (Å²) in [6, 6.07) is 7.68. The molecule has 4 rings (SSSR count). The number of hydrogen-bond acceptors (Lipinski definition) is 6. The molecule has 1 aliphatic carbocycles. The number of aromatic nitrogens is 3. The maximum Gasteiger partial charge on any atom is 0.225 e. The van der Waals surface area contributed by atoms with Gasteiger partial charge in [0.2, 0.25) is 5.91 Å². The van der Waals surface area contributed by atoms with Crippen LogP contribution in [-0.4, -0.2) is 51.9 Å². The summed E-state index contributed by atoms with van der Waals surface area (Å²) in [5.74, 6) is 3.72. The number of hydrogen-bond donors (Lipinski definition) is 1. The summed E-state index contributed by atoms with van der Waals surface area (Å²) >= 11 is 0. The van der Waals surface area contributed by atoms with Gasteiger partial charge in [0.15, 0.2) is 0 Å². The molecular weight excluding hydrogens is 340 g/mol. The molecule has 7 heteroatoms. The van der Waals surface area contributed by atoms with E-state index in [1.165, 1.54) is 12.8 Å². The summed E-state index contributed by atoms with van der Waals surface area (Å²) in [4.78, 5) is 30.2. The molecule has 7 nitrogen and oxygen atoms in total. The Hall–Kier alpha value is -2.70. The highest BCUT2D eigenvalue weighted by atomic mass is 16.2. The Bertz CT molecular complexity index is 782. The quantitative estimate of drug-likeness (QED) is 0.897. The van der Waals surface area contributed by atoms with Gasteiger partial charge in [-0.3, -0.25) is 4.79 Å². The van der Waals surface area contributed by atoms with Crippen LogP contribution in [0.2, 0.25) is 0 Å². The van der Waals surface area contributed by atoms with Gasteiger partial charge in [-0.2, -0.15) is 0 Å². The lowest BCUT2D eigenvalue weighted by molar-refractivity contribution is -0.135. The molecule has 0 spiro atoms. The van der Waals surface area contributed by atoms with Gasteiger partial charge in [0.05, 0.1) is 0 Å². The first-order valence-corrected chi connectivity index (χ1v) is 9.76. The largest absolute Gasteiger partial charge is 0.353 e. The van der Waals surface area contributed by atoms with Gasteiger partial charge >= 0.3 is 0 Å². The van der Waals surface area contributed by atoms with Crippen LogP contribution in [0.15, 0.2) is 30.5 Å². The van der Waals surface area contributed by atoms with Gasteiger partial charge in [-0.25, -0.2) is 15.0 Å². The molecule has 1 saturated heterocycles. The Morgan fingerprint density at radius 2 is 1.85 bits per heavy atom. The Balaban J connectivity index is 1.41. The van der Waals surface area contributed by atoms with E-state index in [9.17, 15) is 4.79 Å². The summed E-state index contributed by atoms with van der Waals surface area (Å²) in [6.45, 7) is 5.03. The fourth-order valence-electron chi connectivity index (χ4n) is 3.93. The van der Waals surface area contributed by atoms with Crippen LogP contribution in [0.5, 0.6) is 0 Å². The lowest BCUT2D eigenvalue weighted by Crippen LogP contribution is -2.50. The monoisotopic (exact) mass is 366 g/mol. The van der Waals surface area contributed by atoms with Crippen LogP contribution in [0, 0.1) is 12.8 Å². The van der Waals surface area contributed by atoms with Crippen molar-refractivity contribution >= 4 is 23.4 Å². The SMILES string of the molecule is Cc1nc(Nc2ccccn2)cc(N2CCN(C(=O)C3CCCC3)CC2)n1. The van der Waals surface area contributed by atoms with Gasteiger partial charge in [0.25, 0.3) is 0 Å². The van der Waals surface area contributed by atoms with Crippen LogP contribution < -0.4 is 10.2 Å². The first-order chi connectivity index (χ1) is 13.2. The molecule has 27 heavy (non-hydrogen) atoms. The molecular formula is C20H26N6O. The van der Waals surface area contributed by atoms with Gasteiger partial charge < -0.3 is 15.1 Å². The molecule has 1 saturated carbocycles. The number of nitrogens with one attached hydrogen (secondary N) is 1. The lowest BCUT2D eigenvalue weighted by atomic mass is 10.1. The fraction of sp³-hybridized carbons (Fsp3) is 0.500. The minimum absolute atomic E-state index is 0.256. The first-order valence-electron chi connectivity index (χ1n) is 9.76. The molecule has 0 unspecified atom stereocenters. The van der Waals surface area contributed by atoms with Crippen LogP contribution in [-0.2, 0) is 4.79 Å². The van der Waals surface area contributed by atoms with Crippen LogP contribution in [0.3, 0.4) is 0 Å². The van der Waals surface area contributed by atoms with Gasteiger partial charge in [0, 0.05) is 44.4 Å². The second-order valence-corrected chi connectivity index (χ2v) is 7.29. The van der Waals surface area contributed by atoms with Crippen molar-refractivity contribution in [2.45, 2.75) is 32.6 Å². The summed E-state index contributed by atoms with van der Waals surface area (Å²) < 4.78 is 0. The van der Waals surface area contributed by atoms with Crippen LogP contribution in [0.25, 0.3) is 0 Å². The van der Waals surface area contributed by atoms with Crippen LogP contribution in [0.4, 0.5) is 17.5 Å². The average molecular weight is 366 g/mol. The number of carbonyl (C=O) groups is 1. The predicted molar refractivity (Wildman–Crippen MR) is 105 cm³/mol. The Kier molecular flexibility index (Phi) is 5.18. The number of rotatable bonds is 4. The minimum atomic E-state index is 0.256. The van der Waals surface area contributed by atoms with Crippen molar-refractivity contribution in [2.24, 2.45) is 5.92 Å². The highest BCUT2D eigenvalue weighted by molar-refractivity contribution is 5.79. The molecule has 1 amide bonds. The lowest BCUT2D eigenvalue weighted by Gasteiger charge is -2.36. The third-order valence-electron chi connectivity index (χ3n) is 5.37. The zero-order valence-electron chi connectivity index (χ0n) is 15.8. The van der Waals surface area contributed by atoms with Crippen LogP contribution in [0.1, 0.15) is 31.5 Å². The van der Waals surface area contributed by atoms with Crippen molar-refractivity contribution in [1.29, 1.82) is 0 Å². The molecule has 1 aliphatic heterocycles. The number of nitrogens with zero attached hydrogens (tertiary/aromatic N) is 5. The van der Waals surface area contributed by atoms with E-state index in [0.29, 0.717) is 5.91 Å². The van der Waals surface area contributed by atoms with E-state index in [1.54, 1.807) is 6.20 Å². The standard InChI is InChI=1S/C20H26N6O/c1-15-22-18(24-17-8-4-5-9-21-17)14-19(23-15)25-10-12-26(13-11-25)20(27)16-6-2-3-7-16/h4-5,8-9,14,16H,2-3,6-7,10-13H2,1H3,(H,21,22,23,24). The normalized spacial score (nSPS) is 18.0. The van der Waals surface area contributed by atoms with E-state index in [4.69, 9.17) is 0 Å². The molecule has 2 aliphatic rings. The highest BCUT2D eigenvalue weighted by Crippen LogP contribution is 2.27. The maximum absolute atomic E-state index is 12.6. The molecule has 3 heterocycles. The van der Waals surface area contributed by atoms with Crippen molar-refractivity contribution in [3.8, 4) is 0 Å². The summed E-state index contributed by atoms with van der Waals surface area (Å²) in [5.41, 5.74) is 0. The summed E-state index contributed by atoms with van der Waals surface area (Å²) in [7, 11) is 0. The average Bonchev–Trinajstić information content (AvgIpc) is 3.23. The number of pyridine rings is 1. The summed E-state index contributed by atoms with van der Waals surface area (Å²) in [5, 5.41) is 3.23. The van der Waals surface area contributed by atoms with Crippen molar-refractivity contribution in [1.82, 2.24) is 19.9 Å². The number of anilines is 3. The van der Waals surface area contributed by atoms with Crippen molar-refractivity contribution in [3.05, 3.63) is 36.3 Å². The second-order valence-electron chi connectivity index (χ2n) is 7.29. The molecule has 142 valence electrons. The molecule has 0 atom stereocenters. The van der Waals surface area contributed by atoms with Gasteiger partial charge in [-0.05, 0) is 31.9 Å². The molecule has 2 fully saturated rings. The van der Waals surface area contributed by atoms with Crippen molar-refractivity contribution in [3.63, 3.8) is 0 Å². The van der Waals surface area contributed by atoms with Gasteiger partial charge in [0.1, 0.15) is 23.3 Å². The molecule has 1 N–H and O–H groups in total. The zero-order chi connectivity index (χ0) is 18.6. The molecule has 0 bridgehead atoms. The van der Waals surface area contributed by atoms with Gasteiger partial charge in [-0.1, -0.05) is 18.9 Å². The number of carbonyl (C=O) groups excluding carboxylic acids is 1.